The molecule has 0 aromatic heterocycles. The van der Waals surface area contributed by atoms with Crippen LogP contribution in [0.4, 0.5) is 17.6 Å². The Bertz CT molecular complexity index is 440. The average molecular weight is 295 g/mol. The SMILES string of the molecule is CCNC(c1ccc(OC)c(OC)c1)C(F)(F)C(F)F. The number of ether oxygens (including phenoxy) is 2. The molecule has 0 aliphatic heterocycles. The summed E-state index contributed by atoms with van der Waals surface area (Å²) >= 11 is 0. The molecule has 114 valence electrons. The lowest BCUT2D eigenvalue weighted by atomic mass is 10.00. The maximum absolute atomic E-state index is 13.6. The molecule has 1 unspecified atom stereocenters. The highest BCUT2D eigenvalue weighted by Gasteiger charge is 2.49. The van der Waals surface area contributed by atoms with Crippen LogP contribution in [0.15, 0.2) is 18.2 Å². The van der Waals surface area contributed by atoms with Crippen molar-refractivity contribution in [3.63, 3.8) is 0 Å². The van der Waals surface area contributed by atoms with Crippen LogP contribution in [-0.4, -0.2) is 33.1 Å². The lowest BCUT2D eigenvalue weighted by molar-refractivity contribution is -0.151. The smallest absolute Gasteiger partial charge is 0.326 e. The first-order chi connectivity index (χ1) is 9.38. The second kappa shape index (κ2) is 6.78. The van der Waals surface area contributed by atoms with Gasteiger partial charge in [-0.1, -0.05) is 13.0 Å². The van der Waals surface area contributed by atoms with E-state index in [0.717, 1.165) is 0 Å². The second-order valence-corrected chi connectivity index (χ2v) is 4.08. The maximum atomic E-state index is 13.6. The number of alkyl halides is 4. The van der Waals surface area contributed by atoms with Gasteiger partial charge in [0.2, 0.25) is 0 Å². The van der Waals surface area contributed by atoms with Gasteiger partial charge in [-0.05, 0) is 24.2 Å². The van der Waals surface area contributed by atoms with Crippen LogP contribution in [-0.2, 0) is 0 Å². The van der Waals surface area contributed by atoms with Gasteiger partial charge in [0.25, 0.3) is 0 Å². The van der Waals surface area contributed by atoms with E-state index in [4.69, 9.17) is 9.47 Å². The predicted octanol–water partition coefficient (Wildman–Crippen LogP) is 3.25. The molecule has 0 saturated carbocycles. The van der Waals surface area contributed by atoms with Gasteiger partial charge in [0.05, 0.1) is 14.2 Å². The van der Waals surface area contributed by atoms with Crippen molar-refractivity contribution >= 4 is 0 Å². The molecule has 20 heavy (non-hydrogen) atoms. The maximum Gasteiger partial charge on any atom is 0.326 e. The van der Waals surface area contributed by atoms with E-state index in [0.29, 0.717) is 5.75 Å². The lowest BCUT2D eigenvalue weighted by Gasteiger charge is -2.27. The molecule has 1 N–H and O–H groups in total. The van der Waals surface area contributed by atoms with Crippen LogP contribution in [0.25, 0.3) is 0 Å². The van der Waals surface area contributed by atoms with Crippen LogP contribution >= 0.6 is 0 Å². The first-order valence-corrected chi connectivity index (χ1v) is 5.99. The van der Waals surface area contributed by atoms with E-state index in [-0.39, 0.29) is 17.9 Å². The summed E-state index contributed by atoms with van der Waals surface area (Å²) in [6.07, 6.45) is -3.76. The minimum absolute atomic E-state index is 0.00907. The summed E-state index contributed by atoms with van der Waals surface area (Å²) in [5.41, 5.74) is 0.00907. The van der Waals surface area contributed by atoms with Gasteiger partial charge >= 0.3 is 12.3 Å². The molecule has 0 amide bonds. The number of nitrogens with one attached hydrogen (secondary N) is 1. The van der Waals surface area contributed by atoms with E-state index in [1.54, 1.807) is 6.92 Å². The van der Waals surface area contributed by atoms with Gasteiger partial charge in [0, 0.05) is 0 Å². The Morgan fingerprint density at radius 1 is 1.15 bits per heavy atom. The van der Waals surface area contributed by atoms with E-state index in [1.807, 2.05) is 0 Å². The highest BCUT2D eigenvalue weighted by Crippen LogP contribution is 2.39. The summed E-state index contributed by atoms with van der Waals surface area (Å²) < 4.78 is 62.3. The standard InChI is InChI=1S/C13H17F4NO2/c1-4-18-11(13(16,17)12(14)15)8-5-6-9(19-2)10(7-8)20-3/h5-7,11-12,18H,4H2,1-3H3. The van der Waals surface area contributed by atoms with Crippen LogP contribution in [0.2, 0.25) is 0 Å². The Labute approximate surface area is 114 Å². The summed E-state index contributed by atoms with van der Waals surface area (Å²) in [6, 6.07) is 2.18. The van der Waals surface area contributed by atoms with Crippen molar-refractivity contribution in [3.05, 3.63) is 23.8 Å². The molecule has 3 nitrogen and oxygen atoms in total. The summed E-state index contributed by atoms with van der Waals surface area (Å²) in [5.74, 6) is -3.64. The molecule has 0 radical (unpaired) electrons. The Hall–Kier alpha value is -1.50. The number of hydrogen-bond donors (Lipinski definition) is 1. The zero-order chi connectivity index (χ0) is 15.3. The van der Waals surface area contributed by atoms with Crippen molar-refractivity contribution in [1.82, 2.24) is 5.32 Å². The monoisotopic (exact) mass is 295 g/mol. The zero-order valence-electron chi connectivity index (χ0n) is 11.4. The van der Waals surface area contributed by atoms with E-state index < -0.39 is 18.4 Å². The third-order valence-electron chi connectivity index (χ3n) is 2.83. The predicted molar refractivity (Wildman–Crippen MR) is 66.9 cm³/mol. The van der Waals surface area contributed by atoms with Crippen molar-refractivity contribution in [2.24, 2.45) is 0 Å². The van der Waals surface area contributed by atoms with Crippen LogP contribution < -0.4 is 14.8 Å². The number of methoxy groups -OCH3 is 2. The first kappa shape index (κ1) is 16.6. The molecule has 0 heterocycles. The number of benzene rings is 1. The summed E-state index contributed by atoms with van der Waals surface area (Å²) in [7, 11) is 2.74. The van der Waals surface area contributed by atoms with Gasteiger partial charge in [-0.25, -0.2) is 8.78 Å². The van der Waals surface area contributed by atoms with Crippen LogP contribution in [0, 0.1) is 0 Å². The summed E-state index contributed by atoms with van der Waals surface area (Å²) in [4.78, 5) is 0. The van der Waals surface area contributed by atoms with Gasteiger partial charge < -0.3 is 14.8 Å². The van der Waals surface area contributed by atoms with Crippen molar-refractivity contribution in [2.45, 2.75) is 25.3 Å². The molecule has 0 bridgehead atoms. The molecule has 7 heteroatoms. The van der Waals surface area contributed by atoms with E-state index in [1.165, 1.54) is 32.4 Å². The molecular weight excluding hydrogens is 278 g/mol. The third kappa shape index (κ3) is 3.33. The molecular formula is C13H17F4NO2. The fraction of sp³-hybridized carbons (Fsp3) is 0.538. The molecule has 1 aromatic carbocycles. The van der Waals surface area contributed by atoms with Gasteiger partial charge in [-0.2, -0.15) is 8.78 Å². The minimum Gasteiger partial charge on any atom is -0.493 e. The van der Waals surface area contributed by atoms with Crippen molar-refractivity contribution in [2.75, 3.05) is 20.8 Å². The fourth-order valence-electron chi connectivity index (χ4n) is 1.84. The van der Waals surface area contributed by atoms with Crippen molar-refractivity contribution in [3.8, 4) is 11.5 Å². The molecule has 0 saturated heterocycles. The topological polar surface area (TPSA) is 30.5 Å². The molecule has 0 aliphatic rings. The fourth-order valence-corrected chi connectivity index (χ4v) is 1.84. The Kier molecular flexibility index (Phi) is 5.62. The van der Waals surface area contributed by atoms with E-state index in [9.17, 15) is 17.6 Å². The summed E-state index contributed by atoms with van der Waals surface area (Å²) in [6.45, 7) is 1.69. The zero-order valence-corrected chi connectivity index (χ0v) is 11.4. The third-order valence-corrected chi connectivity index (χ3v) is 2.83. The Morgan fingerprint density at radius 2 is 1.75 bits per heavy atom. The highest BCUT2D eigenvalue weighted by atomic mass is 19.3. The van der Waals surface area contributed by atoms with E-state index >= 15 is 0 Å². The first-order valence-electron chi connectivity index (χ1n) is 5.99. The summed E-state index contributed by atoms with van der Waals surface area (Å²) in [5, 5.41) is 2.38. The normalized spacial score (nSPS) is 13.4. The van der Waals surface area contributed by atoms with Crippen molar-refractivity contribution < 1.29 is 27.0 Å². The van der Waals surface area contributed by atoms with Gasteiger partial charge in [-0.3, -0.25) is 0 Å². The quantitative estimate of drug-likeness (QED) is 0.783. The van der Waals surface area contributed by atoms with E-state index in [2.05, 4.69) is 5.32 Å². The average Bonchev–Trinajstić information content (AvgIpc) is 2.43. The molecule has 0 fully saturated rings. The molecule has 1 rings (SSSR count). The minimum atomic E-state index is -4.18. The lowest BCUT2D eigenvalue weighted by Crippen LogP contribution is -2.42. The van der Waals surface area contributed by atoms with Gasteiger partial charge in [-0.15, -0.1) is 0 Å². The van der Waals surface area contributed by atoms with Gasteiger partial charge in [0.1, 0.15) is 6.04 Å². The van der Waals surface area contributed by atoms with Crippen LogP contribution in [0.3, 0.4) is 0 Å². The molecule has 1 aromatic rings. The number of halogens is 4. The number of rotatable bonds is 7. The molecule has 0 aliphatic carbocycles. The largest absolute Gasteiger partial charge is 0.493 e. The highest BCUT2D eigenvalue weighted by molar-refractivity contribution is 5.44. The van der Waals surface area contributed by atoms with Crippen LogP contribution in [0.5, 0.6) is 11.5 Å². The van der Waals surface area contributed by atoms with Gasteiger partial charge in [0.15, 0.2) is 11.5 Å². The Morgan fingerprint density at radius 3 is 2.20 bits per heavy atom. The Balaban J connectivity index is 3.22. The molecule has 0 spiro atoms. The second-order valence-electron chi connectivity index (χ2n) is 4.08. The molecule has 1 atom stereocenters. The number of hydrogen-bond acceptors (Lipinski definition) is 3. The van der Waals surface area contributed by atoms with Crippen LogP contribution in [0.1, 0.15) is 18.5 Å². The van der Waals surface area contributed by atoms with Crippen molar-refractivity contribution in [1.29, 1.82) is 0 Å².